The number of benzene rings is 1. The van der Waals surface area contributed by atoms with E-state index in [9.17, 15) is 29.7 Å². The van der Waals surface area contributed by atoms with Gasteiger partial charge in [0.15, 0.2) is 0 Å². The minimum atomic E-state index is -1.25. The molecule has 0 amide bonds. The van der Waals surface area contributed by atoms with Crippen molar-refractivity contribution in [1.82, 2.24) is 20.0 Å². The summed E-state index contributed by atoms with van der Waals surface area (Å²) in [6.45, 7) is 6.91. The number of carbonyl (C=O) groups excluding carboxylic acids is 3. The molecule has 36 heavy (non-hydrogen) atoms. The third-order valence-electron chi connectivity index (χ3n) is 6.76. The van der Waals surface area contributed by atoms with Crippen LogP contribution in [0.1, 0.15) is 26.3 Å². The maximum absolute atomic E-state index is 11.7. The fraction of sp³-hybridized carbons (Fsp3) is 0.625. The summed E-state index contributed by atoms with van der Waals surface area (Å²) >= 11 is 0. The average molecular weight is 660 g/mol. The van der Waals surface area contributed by atoms with Crippen LogP contribution in [-0.2, 0) is 20.8 Å². The van der Waals surface area contributed by atoms with E-state index in [-0.39, 0.29) is 62.6 Å². The molecule has 4 atom stereocenters. The second-order valence-electron chi connectivity index (χ2n) is 9.15. The number of carboxylic acids is 3. The number of nitrogens with one attached hydrogen (secondary N) is 1. The van der Waals surface area contributed by atoms with Crippen molar-refractivity contribution in [2.24, 2.45) is 0 Å². The van der Waals surface area contributed by atoms with E-state index < -0.39 is 36.0 Å². The van der Waals surface area contributed by atoms with Crippen LogP contribution in [0, 0.1) is 36.9 Å². The van der Waals surface area contributed by atoms with E-state index in [0.717, 1.165) is 5.56 Å². The van der Waals surface area contributed by atoms with Crippen molar-refractivity contribution in [3.05, 3.63) is 29.8 Å². The van der Waals surface area contributed by atoms with Crippen LogP contribution in [-0.4, -0.2) is 103 Å². The minimum Gasteiger partial charge on any atom is -0.548 e. The van der Waals surface area contributed by atoms with Crippen LogP contribution < -0.4 is 26.4 Å². The van der Waals surface area contributed by atoms with Gasteiger partial charge in [0, 0.05) is 75.7 Å². The maximum atomic E-state index is 11.7. The number of anilines is 1. The van der Waals surface area contributed by atoms with Crippen LogP contribution >= 0.6 is 0 Å². The molecule has 1 heterocycles. The normalized spacial score (nSPS) is 21.7. The zero-order valence-corrected chi connectivity index (χ0v) is 22.7. The van der Waals surface area contributed by atoms with Crippen LogP contribution in [0.3, 0.4) is 0 Å². The largest absolute Gasteiger partial charge is 3.00 e. The molecule has 1 aliphatic rings. The average Bonchev–Trinajstić information content (AvgIpc) is 2.80. The fourth-order valence-electron chi connectivity index (χ4n) is 4.24. The van der Waals surface area contributed by atoms with Crippen LogP contribution in [0.25, 0.3) is 0 Å². The van der Waals surface area contributed by atoms with Crippen molar-refractivity contribution < 1.29 is 66.6 Å². The van der Waals surface area contributed by atoms with Gasteiger partial charge in [-0.3, -0.25) is 14.7 Å². The Balaban J connectivity index is 0.00000648. The molecule has 4 unspecified atom stereocenters. The molecule has 2 rings (SSSR count). The van der Waals surface area contributed by atoms with Crippen molar-refractivity contribution in [1.29, 1.82) is 0 Å². The molecule has 1 aliphatic heterocycles. The Kier molecular flexibility index (Phi) is 14.2. The summed E-state index contributed by atoms with van der Waals surface area (Å²) in [5.74, 6) is -3.67. The smallest absolute Gasteiger partial charge is 0.548 e. The third kappa shape index (κ3) is 10.1. The molecule has 12 heteroatoms. The molecule has 1 aromatic carbocycles. The molecule has 1 fully saturated rings. The summed E-state index contributed by atoms with van der Waals surface area (Å²) < 4.78 is 0. The molecule has 0 bridgehead atoms. The molecule has 0 aliphatic carbocycles. The molecule has 206 valence electrons. The molecule has 0 spiro atoms. The van der Waals surface area contributed by atoms with Gasteiger partial charge in [-0.1, -0.05) is 12.1 Å². The van der Waals surface area contributed by atoms with Gasteiger partial charge in [0.25, 0.3) is 0 Å². The summed E-state index contributed by atoms with van der Waals surface area (Å²) in [6.07, 6.45) is 0.589. The first-order valence-corrected chi connectivity index (χ1v) is 11.9. The standard InChI is InChI=1S/C24H39N5O6.Tm/c1-16(22(30)31)27-9-8-26-21(14-19-4-6-20(25)7-5-19)15-29(18(3)24(34)35)13-12-28(11-10-27)17(2)23(32)33;/h4-7,16-18,21,26H,8-15,25H2,1-3H3,(H,30,31)(H,32,33)(H,34,35);/q;+3/p-3. The zero-order valence-electron chi connectivity index (χ0n) is 20.9. The Morgan fingerprint density at radius 3 is 1.72 bits per heavy atom. The van der Waals surface area contributed by atoms with E-state index in [4.69, 9.17) is 5.73 Å². The molecule has 3 N–H and O–H groups in total. The Hall–Kier alpha value is -1.50. The Bertz CT molecular complexity index is 858. The Morgan fingerprint density at radius 2 is 1.25 bits per heavy atom. The summed E-state index contributed by atoms with van der Waals surface area (Å²) in [6, 6.07) is 4.59. The van der Waals surface area contributed by atoms with Crippen molar-refractivity contribution in [3.63, 3.8) is 0 Å². The first kappa shape index (κ1) is 32.5. The Morgan fingerprint density at radius 1 is 0.833 bits per heavy atom. The molecule has 11 nitrogen and oxygen atoms in total. The maximum Gasteiger partial charge on any atom is 3.00 e. The van der Waals surface area contributed by atoms with Crippen molar-refractivity contribution in [2.75, 3.05) is 51.5 Å². The number of carboxylic acid groups (broad SMARTS) is 3. The number of carbonyl (C=O) groups is 3. The van der Waals surface area contributed by atoms with Crippen molar-refractivity contribution >= 4 is 23.6 Å². The first-order valence-electron chi connectivity index (χ1n) is 11.9. The van der Waals surface area contributed by atoms with Gasteiger partial charge >= 0.3 is 36.9 Å². The van der Waals surface area contributed by atoms with E-state index in [1.165, 1.54) is 6.92 Å². The number of aliphatic carboxylic acids is 3. The van der Waals surface area contributed by atoms with Gasteiger partial charge in [-0.15, -0.1) is 0 Å². The number of nitrogens with two attached hydrogens (primary N) is 1. The molecule has 0 radical (unpaired) electrons. The number of hydrogen-bond acceptors (Lipinski definition) is 11. The fourth-order valence-corrected chi connectivity index (χ4v) is 4.24. The van der Waals surface area contributed by atoms with Gasteiger partial charge in [0.05, 0.1) is 17.9 Å². The first-order chi connectivity index (χ1) is 16.5. The monoisotopic (exact) mass is 659 g/mol. The van der Waals surface area contributed by atoms with Crippen LogP contribution in [0.15, 0.2) is 24.3 Å². The summed E-state index contributed by atoms with van der Waals surface area (Å²) in [5, 5.41) is 38.3. The molecule has 0 saturated carbocycles. The topological polar surface area (TPSA) is 168 Å². The van der Waals surface area contributed by atoms with Crippen molar-refractivity contribution in [2.45, 2.75) is 51.4 Å². The second-order valence-corrected chi connectivity index (χ2v) is 9.15. The number of rotatable bonds is 8. The molecule has 0 aromatic heterocycles. The number of nitrogen functional groups attached to an aromatic ring is 1. The van der Waals surface area contributed by atoms with Crippen LogP contribution in [0.2, 0.25) is 0 Å². The van der Waals surface area contributed by atoms with Crippen LogP contribution in [0.4, 0.5) is 5.69 Å². The predicted octanol–water partition coefficient (Wildman–Crippen LogP) is -3.90. The molecular formula is C24H36N5O6Tm. The van der Waals surface area contributed by atoms with Crippen LogP contribution in [0.5, 0.6) is 0 Å². The quantitative estimate of drug-likeness (QED) is 0.262. The SMILES string of the molecule is CC(C(=O)[O-])N1CCNC(Cc2ccc(N)cc2)CN(C(C)C(=O)[O-])CCN(C(C)C(=O)[O-])CC1.[Tm+3]. The molecule has 1 aromatic rings. The van der Waals surface area contributed by atoms with E-state index in [1.54, 1.807) is 40.7 Å². The number of hydrogen-bond donors (Lipinski definition) is 2. The minimum absolute atomic E-state index is 0. The predicted molar refractivity (Wildman–Crippen MR) is 124 cm³/mol. The summed E-state index contributed by atoms with van der Waals surface area (Å²) in [7, 11) is 0. The Labute approximate surface area is 241 Å². The third-order valence-corrected chi connectivity index (χ3v) is 6.76. The van der Waals surface area contributed by atoms with Gasteiger partial charge in [-0.25, -0.2) is 0 Å². The van der Waals surface area contributed by atoms with Gasteiger partial charge in [-0.05, 0) is 44.9 Å². The molecule has 1 saturated heterocycles. The van der Waals surface area contributed by atoms with Gasteiger partial charge in [0.2, 0.25) is 0 Å². The van der Waals surface area contributed by atoms with Gasteiger partial charge in [0.1, 0.15) is 0 Å². The summed E-state index contributed by atoms with van der Waals surface area (Å²) in [4.78, 5) is 40.0. The summed E-state index contributed by atoms with van der Waals surface area (Å²) in [5.41, 5.74) is 7.44. The zero-order chi connectivity index (χ0) is 26.1. The van der Waals surface area contributed by atoms with E-state index in [1.807, 2.05) is 12.1 Å². The van der Waals surface area contributed by atoms with E-state index in [0.29, 0.717) is 38.3 Å². The van der Waals surface area contributed by atoms with Gasteiger partial charge < -0.3 is 40.8 Å². The van der Waals surface area contributed by atoms with Gasteiger partial charge in [-0.2, -0.15) is 0 Å². The number of nitrogens with zero attached hydrogens (tertiary/aromatic N) is 3. The molecular weight excluding hydrogens is 623 g/mol. The van der Waals surface area contributed by atoms with E-state index >= 15 is 0 Å². The van der Waals surface area contributed by atoms with Crippen molar-refractivity contribution in [3.8, 4) is 0 Å². The second kappa shape index (κ2) is 15.7. The van der Waals surface area contributed by atoms with E-state index in [2.05, 4.69) is 5.32 Å².